The second-order valence-electron chi connectivity index (χ2n) is 6.59. The molecule has 2 aromatic heterocycles. The van der Waals surface area contributed by atoms with Gasteiger partial charge in [-0.15, -0.1) is 0 Å². The number of nitrogens with one attached hydrogen (secondary N) is 1. The molecule has 0 fully saturated rings. The Balaban J connectivity index is 1.84. The number of aryl methyl sites for hydroxylation is 2. The van der Waals surface area contributed by atoms with Crippen LogP contribution >= 0.6 is 0 Å². The number of aromatic nitrogens is 1. The number of anilines is 2. The third-order valence-electron chi connectivity index (χ3n) is 4.19. The van der Waals surface area contributed by atoms with Crippen molar-refractivity contribution in [2.24, 2.45) is 0 Å². The Labute approximate surface area is 166 Å². The average molecular weight is 412 g/mol. The quantitative estimate of drug-likeness (QED) is 0.450. The summed E-state index contributed by atoms with van der Waals surface area (Å²) in [5, 5.41) is 2.69. The van der Waals surface area contributed by atoms with E-state index in [1.165, 1.54) is 18.4 Å². The molecule has 0 spiro atoms. The molecule has 0 saturated heterocycles. The molecule has 148 valence electrons. The SMILES string of the molecule is Cc1cc(C)cc(Nc2oc(-c3ccco3)nc2S(=O)(=O)c2ccc(F)cc2)c1. The van der Waals surface area contributed by atoms with Gasteiger partial charge in [-0.2, -0.15) is 4.98 Å². The smallest absolute Gasteiger partial charge is 0.266 e. The zero-order chi connectivity index (χ0) is 20.6. The standard InChI is InChI=1S/C21H17FN2O4S/c1-13-10-14(2)12-16(11-13)23-20-21(24-19(28-20)18-4-3-9-27-18)29(25,26)17-7-5-15(22)6-8-17/h3-12,23H,1-2H3. The van der Waals surface area contributed by atoms with Crippen molar-refractivity contribution in [2.75, 3.05) is 5.32 Å². The van der Waals surface area contributed by atoms with Crippen molar-refractivity contribution in [3.8, 4) is 11.7 Å². The van der Waals surface area contributed by atoms with Gasteiger partial charge in [0.2, 0.25) is 20.7 Å². The molecule has 0 atom stereocenters. The number of nitrogens with zero attached hydrogens (tertiary/aromatic N) is 1. The molecule has 0 aliphatic heterocycles. The van der Waals surface area contributed by atoms with E-state index in [0.29, 0.717) is 5.69 Å². The van der Waals surface area contributed by atoms with Crippen LogP contribution in [0.3, 0.4) is 0 Å². The van der Waals surface area contributed by atoms with Crippen molar-refractivity contribution >= 4 is 21.4 Å². The number of rotatable bonds is 5. The maximum absolute atomic E-state index is 13.3. The van der Waals surface area contributed by atoms with Gasteiger partial charge in [0, 0.05) is 5.69 Å². The van der Waals surface area contributed by atoms with Crippen molar-refractivity contribution < 1.29 is 21.6 Å². The Morgan fingerprint density at radius 1 is 1.00 bits per heavy atom. The number of hydrogen-bond acceptors (Lipinski definition) is 6. The average Bonchev–Trinajstić information content (AvgIpc) is 3.31. The third kappa shape index (κ3) is 3.79. The fraction of sp³-hybridized carbons (Fsp3) is 0.0952. The Morgan fingerprint density at radius 3 is 2.31 bits per heavy atom. The van der Waals surface area contributed by atoms with Crippen LogP contribution in [-0.4, -0.2) is 13.4 Å². The summed E-state index contributed by atoms with van der Waals surface area (Å²) < 4.78 is 50.6. The molecule has 0 radical (unpaired) electrons. The summed E-state index contributed by atoms with van der Waals surface area (Å²) in [5.41, 5.74) is 2.66. The number of halogens is 1. The van der Waals surface area contributed by atoms with E-state index in [4.69, 9.17) is 8.83 Å². The number of benzene rings is 2. The largest absolute Gasteiger partial charge is 0.459 e. The summed E-state index contributed by atoms with van der Waals surface area (Å²) in [5.74, 6) is -0.281. The molecular formula is C21H17FN2O4S. The van der Waals surface area contributed by atoms with Crippen molar-refractivity contribution in [3.63, 3.8) is 0 Å². The summed E-state index contributed by atoms with van der Waals surface area (Å²) in [6.07, 6.45) is 1.44. The third-order valence-corrected chi connectivity index (χ3v) is 5.86. The maximum Gasteiger partial charge on any atom is 0.266 e. The molecule has 8 heteroatoms. The predicted octanol–water partition coefficient (Wildman–Crippen LogP) is 5.27. The lowest BCUT2D eigenvalue weighted by Crippen LogP contribution is -2.05. The topological polar surface area (TPSA) is 85.3 Å². The van der Waals surface area contributed by atoms with Gasteiger partial charge in [0.15, 0.2) is 5.76 Å². The van der Waals surface area contributed by atoms with Gasteiger partial charge >= 0.3 is 0 Å². The molecule has 2 heterocycles. The molecular weight excluding hydrogens is 395 g/mol. The van der Waals surface area contributed by atoms with Gasteiger partial charge < -0.3 is 14.2 Å². The molecule has 0 saturated carbocycles. The normalized spacial score (nSPS) is 11.6. The number of hydrogen-bond donors (Lipinski definition) is 1. The van der Waals surface area contributed by atoms with Crippen molar-refractivity contribution in [3.05, 3.63) is 77.8 Å². The van der Waals surface area contributed by atoms with Crippen LogP contribution in [0, 0.1) is 19.7 Å². The summed E-state index contributed by atoms with van der Waals surface area (Å²) in [7, 11) is -4.07. The van der Waals surface area contributed by atoms with Gasteiger partial charge in [-0.05, 0) is 73.5 Å². The van der Waals surface area contributed by atoms with Gasteiger partial charge in [-0.3, -0.25) is 0 Å². The van der Waals surface area contributed by atoms with E-state index in [-0.39, 0.29) is 27.5 Å². The van der Waals surface area contributed by atoms with E-state index in [1.54, 1.807) is 12.1 Å². The zero-order valence-electron chi connectivity index (χ0n) is 15.6. The molecule has 0 aliphatic carbocycles. The lowest BCUT2D eigenvalue weighted by molar-refractivity contribution is 0.524. The Bertz CT molecular complexity index is 1240. The first-order chi connectivity index (χ1) is 13.8. The highest BCUT2D eigenvalue weighted by atomic mass is 32.2. The van der Waals surface area contributed by atoms with E-state index in [0.717, 1.165) is 23.3 Å². The van der Waals surface area contributed by atoms with Crippen LogP contribution in [-0.2, 0) is 9.84 Å². The fourth-order valence-corrected chi connectivity index (χ4v) is 4.23. The first-order valence-corrected chi connectivity index (χ1v) is 10.2. The van der Waals surface area contributed by atoms with Gasteiger partial charge in [-0.25, -0.2) is 12.8 Å². The highest BCUT2D eigenvalue weighted by Crippen LogP contribution is 2.34. The van der Waals surface area contributed by atoms with Crippen molar-refractivity contribution in [1.82, 2.24) is 4.98 Å². The highest BCUT2D eigenvalue weighted by Gasteiger charge is 2.29. The summed E-state index contributed by atoms with van der Waals surface area (Å²) in [6, 6.07) is 13.5. The Hall–Kier alpha value is -3.39. The summed E-state index contributed by atoms with van der Waals surface area (Å²) in [6.45, 7) is 3.87. The van der Waals surface area contributed by atoms with Gasteiger partial charge in [-0.1, -0.05) is 6.07 Å². The molecule has 0 bridgehead atoms. The van der Waals surface area contributed by atoms with Crippen LogP contribution < -0.4 is 5.32 Å². The van der Waals surface area contributed by atoms with Crippen LogP contribution in [0.15, 0.2) is 79.6 Å². The summed E-state index contributed by atoms with van der Waals surface area (Å²) >= 11 is 0. The minimum atomic E-state index is -4.07. The lowest BCUT2D eigenvalue weighted by Gasteiger charge is -2.08. The van der Waals surface area contributed by atoms with Gasteiger partial charge in [0.05, 0.1) is 11.2 Å². The number of oxazole rings is 1. The molecule has 1 N–H and O–H groups in total. The van der Waals surface area contributed by atoms with E-state index >= 15 is 0 Å². The zero-order valence-corrected chi connectivity index (χ0v) is 16.5. The van der Waals surface area contributed by atoms with E-state index in [9.17, 15) is 12.8 Å². The fourth-order valence-electron chi connectivity index (χ4n) is 2.98. The van der Waals surface area contributed by atoms with E-state index in [1.807, 2.05) is 32.0 Å². The van der Waals surface area contributed by atoms with Crippen molar-refractivity contribution in [2.45, 2.75) is 23.8 Å². The predicted molar refractivity (Wildman–Crippen MR) is 105 cm³/mol. The number of sulfone groups is 1. The minimum Gasteiger partial charge on any atom is -0.459 e. The Morgan fingerprint density at radius 2 is 1.69 bits per heavy atom. The second-order valence-corrected chi connectivity index (χ2v) is 8.45. The molecule has 4 rings (SSSR count). The summed E-state index contributed by atoms with van der Waals surface area (Å²) in [4.78, 5) is 4.06. The van der Waals surface area contributed by atoms with Crippen LogP contribution in [0.1, 0.15) is 11.1 Å². The Kier molecular flexibility index (Phi) is 4.71. The van der Waals surface area contributed by atoms with Crippen molar-refractivity contribution in [1.29, 1.82) is 0 Å². The van der Waals surface area contributed by atoms with Crippen LogP contribution in [0.25, 0.3) is 11.7 Å². The molecule has 2 aromatic carbocycles. The second kappa shape index (κ2) is 7.21. The lowest BCUT2D eigenvalue weighted by atomic mass is 10.1. The van der Waals surface area contributed by atoms with Gasteiger partial charge in [0.25, 0.3) is 5.89 Å². The van der Waals surface area contributed by atoms with Crippen LogP contribution in [0.5, 0.6) is 0 Å². The van der Waals surface area contributed by atoms with Crippen LogP contribution in [0.2, 0.25) is 0 Å². The van der Waals surface area contributed by atoms with Crippen LogP contribution in [0.4, 0.5) is 16.0 Å². The molecule has 0 unspecified atom stereocenters. The molecule has 29 heavy (non-hydrogen) atoms. The first kappa shape index (κ1) is 18.9. The number of furan rings is 1. The first-order valence-electron chi connectivity index (χ1n) is 8.73. The van der Waals surface area contributed by atoms with Gasteiger partial charge in [0.1, 0.15) is 5.82 Å². The molecule has 0 aliphatic rings. The molecule has 6 nitrogen and oxygen atoms in total. The maximum atomic E-state index is 13.3. The molecule has 0 amide bonds. The monoisotopic (exact) mass is 412 g/mol. The highest BCUT2D eigenvalue weighted by molar-refractivity contribution is 7.91. The van der Waals surface area contributed by atoms with E-state index in [2.05, 4.69) is 10.3 Å². The van der Waals surface area contributed by atoms with E-state index < -0.39 is 15.7 Å². The molecule has 4 aromatic rings. The minimum absolute atomic E-state index is 0.0163.